The summed E-state index contributed by atoms with van der Waals surface area (Å²) in [6.45, 7) is 7.76. The molecule has 17 heteroatoms. The number of carboxylic acid groups (broad SMARTS) is 2. The lowest BCUT2D eigenvalue weighted by molar-refractivity contribution is -0.193. The third kappa shape index (κ3) is 11.2. The van der Waals surface area contributed by atoms with Crippen LogP contribution in [0.15, 0.2) is 29.9 Å². The number of aryl methyl sites for hydroxylation is 1. The minimum absolute atomic E-state index is 0.00230. The van der Waals surface area contributed by atoms with E-state index in [1.165, 1.54) is 0 Å². The molecule has 4 rings (SSSR count). The minimum Gasteiger partial charge on any atom is -0.475 e. The zero-order valence-electron chi connectivity index (χ0n) is 21.7. The van der Waals surface area contributed by atoms with Crippen LogP contribution in [0.2, 0.25) is 0 Å². The Morgan fingerprint density at radius 2 is 1.71 bits per heavy atom. The maximum absolute atomic E-state index is 12.9. The third-order valence-corrected chi connectivity index (χ3v) is 6.74. The molecule has 2 aromatic heterocycles. The summed E-state index contributed by atoms with van der Waals surface area (Å²) in [5, 5.41) is 17.5. The van der Waals surface area contributed by atoms with Crippen LogP contribution in [-0.2, 0) is 20.9 Å². The molecule has 0 radical (unpaired) electrons. The molecule has 4 heterocycles. The second-order valence-corrected chi connectivity index (χ2v) is 10.4. The number of carbonyl (C=O) groups is 3. The van der Waals surface area contributed by atoms with Gasteiger partial charge in [-0.05, 0) is 31.9 Å². The number of ether oxygens (including phenoxy) is 1. The van der Waals surface area contributed by atoms with Gasteiger partial charge in [0.05, 0.1) is 29.5 Å². The van der Waals surface area contributed by atoms with Crippen molar-refractivity contribution in [3.8, 4) is 0 Å². The van der Waals surface area contributed by atoms with Crippen molar-refractivity contribution in [2.75, 3.05) is 39.4 Å². The fraction of sp³-hybridized carbons (Fsp3) is 0.542. The number of halogens is 6. The average molecular weight is 615 g/mol. The van der Waals surface area contributed by atoms with Crippen LogP contribution in [0, 0.1) is 12.3 Å². The van der Waals surface area contributed by atoms with E-state index in [4.69, 9.17) is 24.5 Å². The van der Waals surface area contributed by atoms with Crippen molar-refractivity contribution in [1.29, 1.82) is 0 Å². The zero-order valence-corrected chi connectivity index (χ0v) is 22.6. The standard InChI is InChI=1S/C20H26N4O2S.2C2HF3O2/c1-16-22-18(12-27-16)11-23-8-9-26-15-20(13-23)5-3-7-24(14-20)19(25)17-4-2-6-21-10-17;2*3-2(4,5)1(6)7/h2,4,6,10,12H,3,5,7-9,11,13-15H2,1H3;2*(H,6,7). The van der Waals surface area contributed by atoms with E-state index >= 15 is 0 Å². The Kier molecular flexibility index (Phi) is 12.0. The van der Waals surface area contributed by atoms with Crippen molar-refractivity contribution in [2.45, 2.75) is 38.7 Å². The maximum atomic E-state index is 12.9. The van der Waals surface area contributed by atoms with Crippen LogP contribution in [0.5, 0.6) is 0 Å². The van der Waals surface area contributed by atoms with Crippen LogP contribution in [0.1, 0.15) is 33.9 Å². The van der Waals surface area contributed by atoms with Gasteiger partial charge in [0.2, 0.25) is 0 Å². The van der Waals surface area contributed by atoms with E-state index in [2.05, 4.69) is 20.2 Å². The number of amides is 1. The van der Waals surface area contributed by atoms with E-state index in [1.807, 2.05) is 24.0 Å². The summed E-state index contributed by atoms with van der Waals surface area (Å²) in [5.41, 5.74) is 1.80. The van der Waals surface area contributed by atoms with Gasteiger partial charge in [-0.1, -0.05) is 0 Å². The van der Waals surface area contributed by atoms with Crippen molar-refractivity contribution in [1.82, 2.24) is 19.8 Å². The summed E-state index contributed by atoms with van der Waals surface area (Å²) in [6, 6.07) is 3.66. The van der Waals surface area contributed by atoms with Gasteiger partial charge in [-0.2, -0.15) is 26.3 Å². The van der Waals surface area contributed by atoms with E-state index in [0.29, 0.717) is 5.56 Å². The highest BCUT2D eigenvalue weighted by atomic mass is 32.1. The van der Waals surface area contributed by atoms with Crippen molar-refractivity contribution in [3.05, 3.63) is 46.2 Å². The number of carbonyl (C=O) groups excluding carboxylic acids is 1. The van der Waals surface area contributed by atoms with Crippen LogP contribution in [0.4, 0.5) is 26.3 Å². The number of aromatic nitrogens is 2. The predicted molar refractivity (Wildman–Crippen MR) is 132 cm³/mol. The third-order valence-electron chi connectivity index (χ3n) is 5.91. The highest BCUT2D eigenvalue weighted by Crippen LogP contribution is 2.34. The van der Waals surface area contributed by atoms with Crippen LogP contribution in [-0.4, -0.2) is 99.6 Å². The lowest BCUT2D eigenvalue weighted by Gasteiger charge is -2.43. The monoisotopic (exact) mass is 614 g/mol. The second kappa shape index (κ2) is 14.5. The Balaban J connectivity index is 0.000000349. The number of thiazole rings is 1. The molecule has 0 aromatic carbocycles. The molecular weight excluding hydrogens is 586 g/mol. The van der Waals surface area contributed by atoms with Gasteiger partial charge in [0.25, 0.3) is 5.91 Å². The zero-order chi connectivity index (χ0) is 30.8. The van der Waals surface area contributed by atoms with E-state index < -0.39 is 24.3 Å². The van der Waals surface area contributed by atoms with Gasteiger partial charge in [0.1, 0.15) is 0 Å². The number of carboxylic acids is 2. The van der Waals surface area contributed by atoms with Gasteiger partial charge >= 0.3 is 24.3 Å². The maximum Gasteiger partial charge on any atom is 0.490 e. The molecule has 1 unspecified atom stereocenters. The van der Waals surface area contributed by atoms with E-state index in [0.717, 1.165) is 69.5 Å². The molecule has 2 saturated heterocycles. The summed E-state index contributed by atoms with van der Waals surface area (Å²) in [4.78, 5) is 43.8. The molecule has 0 bridgehead atoms. The molecule has 2 aromatic rings. The van der Waals surface area contributed by atoms with E-state index in [1.54, 1.807) is 23.7 Å². The number of likely N-dealkylation sites (tertiary alicyclic amines) is 1. The Morgan fingerprint density at radius 3 is 2.22 bits per heavy atom. The first-order valence-corrected chi connectivity index (χ1v) is 12.9. The molecule has 0 aliphatic carbocycles. The molecule has 41 heavy (non-hydrogen) atoms. The van der Waals surface area contributed by atoms with Crippen LogP contribution in [0.3, 0.4) is 0 Å². The SMILES string of the molecule is Cc1nc(CN2CCOCC3(CCCN(C(=O)c4cccnc4)C3)C2)cs1.O=C(O)C(F)(F)F.O=C(O)C(F)(F)F. The minimum atomic E-state index is -5.08. The van der Waals surface area contributed by atoms with E-state index in [-0.39, 0.29) is 11.3 Å². The molecule has 2 aliphatic rings. The normalized spacial score (nSPS) is 19.7. The number of nitrogens with zero attached hydrogens (tertiary/aromatic N) is 4. The van der Waals surface area contributed by atoms with E-state index in [9.17, 15) is 31.1 Å². The number of pyridine rings is 1. The van der Waals surface area contributed by atoms with Gasteiger partial charge in [-0.25, -0.2) is 14.6 Å². The first-order chi connectivity index (χ1) is 19.0. The van der Waals surface area contributed by atoms with Gasteiger partial charge in [-0.15, -0.1) is 11.3 Å². The fourth-order valence-electron chi connectivity index (χ4n) is 4.23. The molecule has 1 atom stereocenters. The molecule has 2 aliphatic heterocycles. The highest BCUT2D eigenvalue weighted by Gasteiger charge is 2.41. The van der Waals surface area contributed by atoms with Crippen molar-refractivity contribution in [2.24, 2.45) is 5.41 Å². The summed E-state index contributed by atoms with van der Waals surface area (Å²) in [6.07, 6.45) is -4.70. The van der Waals surface area contributed by atoms with Crippen molar-refractivity contribution in [3.63, 3.8) is 0 Å². The lowest BCUT2D eigenvalue weighted by atomic mass is 9.80. The molecule has 1 amide bonds. The topological polar surface area (TPSA) is 133 Å². The molecular formula is C24H28F6N4O6S. The van der Waals surface area contributed by atoms with Gasteiger partial charge < -0.3 is 19.8 Å². The van der Waals surface area contributed by atoms with Gasteiger partial charge in [-0.3, -0.25) is 14.7 Å². The molecule has 228 valence electrons. The fourth-order valence-corrected chi connectivity index (χ4v) is 4.83. The second-order valence-electron chi connectivity index (χ2n) is 9.30. The molecule has 10 nitrogen and oxygen atoms in total. The Labute approximate surface area is 234 Å². The highest BCUT2D eigenvalue weighted by molar-refractivity contribution is 7.09. The molecule has 2 N–H and O–H groups in total. The van der Waals surface area contributed by atoms with Crippen LogP contribution >= 0.6 is 11.3 Å². The molecule has 0 saturated carbocycles. The smallest absolute Gasteiger partial charge is 0.475 e. The largest absolute Gasteiger partial charge is 0.490 e. The van der Waals surface area contributed by atoms with Crippen molar-refractivity contribution >= 4 is 29.2 Å². The number of alkyl halides is 6. The number of piperidine rings is 1. The summed E-state index contributed by atoms with van der Waals surface area (Å²) in [5.74, 6) is -5.44. The summed E-state index contributed by atoms with van der Waals surface area (Å²) < 4.78 is 69.5. The van der Waals surface area contributed by atoms with Crippen molar-refractivity contribution < 1.29 is 55.7 Å². The molecule has 1 spiro atoms. The predicted octanol–water partition coefficient (Wildman–Crippen LogP) is 3.87. The number of aliphatic carboxylic acids is 2. The van der Waals surface area contributed by atoms with Gasteiger partial charge in [0.15, 0.2) is 0 Å². The Hall–Kier alpha value is -3.31. The lowest BCUT2D eigenvalue weighted by Crippen LogP contribution is -2.52. The summed E-state index contributed by atoms with van der Waals surface area (Å²) >= 11 is 1.70. The van der Waals surface area contributed by atoms with Gasteiger partial charge in [0, 0.05) is 55.9 Å². The average Bonchev–Trinajstić information content (AvgIpc) is 3.20. The molecule has 2 fully saturated rings. The first kappa shape index (κ1) is 33.9. The Bertz CT molecular complexity index is 1140. The number of hydrogen-bond donors (Lipinski definition) is 2. The van der Waals surface area contributed by atoms with Crippen LogP contribution < -0.4 is 0 Å². The number of hydrogen-bond acceptors (Lipinski definition) is 8. The Morgan fingerprint density at radius 1 is 1.07 bits per heavy atom. The quantitative estimate of drug-likeness (QED) is 0.495. The summed E-state index contributed by atoms with van der Waals surface area (Å²) in [7, 11) is 0. The van der Waals surface area contributed by atoms with Crippen LogP contribution in [0.25, 0.3) is 0 Å². The first-order valence-electron chi connectivity index (χ1n) is 12.0. The number of rotatable bonds is 3.